The van der Waals surface area contributed by atoms with Crippen LogP contribution in [0.5, 0.6) is 5.75 Å². The van der Waals surface area contributed by atoms with E-state index in [1.54, 1.807) is 12.1 Å². The van der Waals surface area contributed by atoms with Crippen molar-refractivity contribution >= 4 is 22.7 Å². The second-order valence-corrected chi connectivity index (χ2v) is 8.89. The molecule has 1 atom stereocenters. The molecule has 0 radical (unpaired) electrons. The Hall–Kier alpha value is -4.38. The maximum atomic E-state index is 12.8. The first-order chi connectivity index (χ1) is 17.6. The maximum Gasteiger partial charge on any atom is 0.255 e. The van der Waals surface area contributed by atoms with Gasteiger partial charge in [-0.05, 0) is 78.1 Å². The number of carbonyl (C=O) groups is 1. The zero-order valence-corrected chi connectivity index (χ0v) is 20.4. The molecule has 5 heteroatoms. The van der Waals surface area contributed by atoms with Gasteiger partial charge in [0, 0.05) is 16.8 Å². The molecule has 0 aliphatic carbocycles. The minimum Gasteiger partial charge on any atom is -0.489 e. The zero-order chi connectivity index (χ0) is 24.9. The quantitative estimate of drug-likeness (QED) is 0.248. The van der Waals surface area contributed by atoms with E-state index in [1.807, 2.05) is 72.8 Å². The van der Waals surface area contributed by atoms with E-state index in [4.69, 9.17) is 9.15 Å². The lowest BCUT2D eigenvalue weighted by Gasteiger charge is -2.09. The number of amides is 1. The lowest BCUT2D eigenvalue weighted by molar-refractivity contribution is 0.102. The Balaban J connectivity index is 1.25. The van der Waals surface area contributed by atoms with Crippen molar-refractivity contribution in [2.45, 2.75) is 32.8 Å². The lowest BCUT2D eigenvalue weighted by atomic mass is 9.98. The molecule has 1 aromatic heterocycles. The molecule has 0 aliphatic heterocycles. The molecule has 5 nitrogen and oxygen atoms in total. The van der Waals surface area contributed by atoms with Crippen molar-refractivity contribution in [3.63, 3.8) is 0 Å². The molecule has 4 aromatic carbocycles. The number of carbonyl (C=O) groups excluding carboxylic acids is 1. The molecular formula is C31H28N2O3. The number of benzene rings is 4. The molecule has 36 heavy (non-hydrogen) atoms. The number of nitrogens with one attached hydrogen (secondary N) is 1. The molecule has 5 aromatic rings. The van der Waals surface area contributed by atoms with Gasteiger partial charge in [0.05, 0.1) is 0 Å². The maximum absolute atomic E-state index is 12.8. The highest BCUT2D eigenvalue weighted by Gasteiger charge is 2.12. The standard InChI is InChI=1S/C31H28N2O3/c1-3-21(2)24-14-17-29-28(19-24)33-31(36-29)23-12-15-26(16-13-23)32-30(34)25-10-7-11-27(18-25)35-20-22-8-5-4-6-9-22/h4-19,21H,3,20H2,1-2H3,(H,32,34). The number of oxazole rings is 1. The first kappa shape index (κ1) is 23.4. The van der Waals surface area contributed by atoms with Crippen LogP contribution in [0.25, 0.3) is 22.6 Å². The third kappa shape index (κ3) is 5.31. The number of rotatable bonds is 8. The van der Waals surface area contributed by atoms with Gasteiger partial charge < -0.3 is 14.5 Å². The van der Waals surface area contributed by atoms with Crippen LogP contribution < -0.4 is 10.1 Å². The van der Waals surface area contributed by atoms with Gasteiger partial charge in [0.2, 0.25) is 5.89 Å². The number of hydrogen-bond donors (Lipinski definition) is 1. The van der Waals surface area contributed by atoms with Gasteiger partial charge in [0.25, 0.3) is 5.91 Å². The van der Waals surface area contributed by atoms with E-state index in [0.717, 1.165) is 28.6 Å². The van der Waals surface area contributed by atoms with Crippen molar-refractivity contribution in [1.29, 1.82) is 0 Å². The largest absolute Gasteiger partial charge is 0.489 e. The molecule has 5 rings (SSSR count). The first-order valence-corrected chi connectivity index (χ1v) is 12.2. The van der Waals surface area contributed by atoms with Crippen molar-refractivity contribution in [3.8, 4) is 17.2 Å². The Kier molecular flexibility index (Phi) is 6.80. The summed E-state index contributed by atoms with van der Waals surface area (Å²) in [5.74, 6) is 1.49. The van der Waals surface area contributed by atoms with E-state index in [2.05, 4.69) is 36.3 Å². The highest BCUT2D eigenvalue weighted by Crippen LogP contribution is 2.28. The Morgan fingerprint density at radius 1 is 0.944 bits per heavy atom. The van der Waals surface area contributed by atoms with Crippen LogP contribution in [-0.2, 0) is 6.61 Å². The number of fused-ring (bicyclic) bond motifs is 1. The van der Waals surface area contributed by atoms with Gasteiger partial charge in [0.1, 0.15) is 17.9 Å². The second-order valence-electron chi connectivity index (χ2n) is 8.89. The van der Waals surface area contributed by atoms with E-state index >= 15 is 0 Å². The number of aromatic nitrogens is 1. The first-order valence-electron chi connectivity index (χ1n) is 12.2. The zero-order valence-electron chi connectivity index (χ0n) is 20.4. The smallest absolute Gasteiger partial charge is 0.255 e. The number of anilines is 1. The molecule has 0 saturated carbocycles. The normalized spacial score (nSPS) is 11.8. The molecule has 0 fully saturated rings. The minimum absolute atomic E-state index is 0.202. The average Bonchev–Trinajstić information content (AvgIpc) is 3.36. The van der Waals surface area contributed by atoms with Crippen molar-refractivity contribution in [2.75, 3.05) is 5.32 Å². The van der Waals surface area contributed by atoms with Crippen molar-refractivity contribution in [2.24, 2.45) is 0 Å². The summed E-state index contributed by atoms with van der Waals surface area (Å²) in [6.45, 7) is 4.84. The van der Waals surface area contributed by atoms with Crippen LogP contribution in [0.15, 0.2) is 101 Å². The van der Waals surface area contributed by atoms with E-state index in [9.17, 15) is 4.79 Å². The van der Waals surface area contributed by atoms with Crippen LogP contribution in [0, 0.1) is 0 Å². The summed E-state index contributed by atoms with van der Waals surface area (Å²) < 4.78 is 11.8. The Morgan fingerprint density at radius 2 is 1.75 bits per heavy atom. The summed E-state index contributed by atoms with van der Waals surface area (Å²) in [7, 11) is 0. The Labute approximate surface area is 210 Å². The highest BCUT2D eigenvalue weighted by molar-refractivity contribution is 6.04. The van der Waals surface area contributed by atoms with Crippen molar-refractivity contribution < 1.29 is 13.9 Å². The van der Waals surface area contributed by atoms with Gasteiger partial charge in [-0.15, -0.1) is 0 Å². The molecular weight excluding hydrogens is 448 g/mol. The van der Waals surface area contributed by atoms with E-state index in [1.165, 1.54) is 5.56 Å². The topological polar surface area (TPSA) is 64.4 Å². The number of ether oxygens (including phenoxy) is 1. The Bertz CT molecular complexity index is 1470. The third-order valence-corrected chi connectivity index (χ3v) is 6.33. The molecule has 1 amide bonds. The van der Waals surface area contributed by atoms with Crippen molar-refractivity contribution in [1.82, 2.24) is 4.98 Å². The van der Waals surface area contributed by atoms with Crippen LogP contribution in [0.1, 0.15) is 47.7 Å². The molecule has 180 valence electrons. The number of nitrogens with zero attached hydrogens (tertiary/aromatic N) is 1. The van der Waals surface area contributed by atoms with Gasteiger partial charge in [-0.25, -0.2) is 4.98 Å². The van der Waals surface area contributed by atoms with Gasteiger partial charge in [-0.2, -0.15) is 0 Å². The average molecular weight is 477 g/mol. The summed E-state index contributed by atoms with van der Waals surface area (Å²) in [5.41, 5.74) is 6.03. The van der Waals surface area contributed by atoms with Gasteiger partial charge in [0.15, 0.2) is 5.58 Å². The second kappa shape index (κ2) is 10.5. The summed E-state index contributed by atoms with van der Waals surface area (Å²) >= 11 is 0. The van der Waals surface area contributed by atoms with E-state index in [0.29, 0.717) is 35.4 Å². The molecule has 0 saturated heterocycles. The summed E-state index contributed by atoms with van der Waals surface area (Å²) in [5, 5.41) is 2.95. The van der Waals surface area contributed by atoms with Crippen LogP contribution in [-0.4, -0.2) is 10.9 Å². The van der Waals surface area contributed by atoms with Crippen LogP contribution in [0.3, 0.4) is 0 Å². The third-order valence-electron chi connectivity index (χ3n) is 6.33. The van der Waals surface area contributed by atoms with Gasteiger partial charge >= 0.3 is 0 Å². The summed E-state index contributed by atoms with van der Waals surface area (Å²) in [4.78, 5) is 17.5. The minimum atomic E-state index is -0.202. The predicted molar refractivity (Wildman–Crippen MR) is 143 cm³/mol. The van der Waals surface area contributed by atoms with Gasteiger partial charge in [-0.1, -0.05) is 56.3 Å². The van der Waals surface area contributed by atoms with Crippen LogP contribution in [0.4, 0.5) is 5.69 Å². The molecule has 0 aliphatic rings. The SMILES string of the molecule is CCC(C)c1ccc2oc(-c3ccc(NC(=O)c4cccc(OCc5ccccc5)c4)cc3)nc2c1. The van der Waals surface area contributed by atoms with E-state index in [-0.39, 0.29) is 5.91 Å². The molecule has 0 spiro atoms. The molecule has 1 unspecified atom stereocenters. The van der Waals surface area contributed by atoms with Crippen LogP contribution in [0.2, 0.25) is 0 Å². The lowest BCUT2D eigenvalue weighted by Crippen LogP contribution is -2.11. The monoisotopic (exact) mass is 476 g/mol. The fourth-order valence-electron chi connectivity index (χ4n) is 3.98. The molecule has 0 bridgehead atoms. The van der Waals surface area contributed by atoms with Crippen molar-refractivity contribution in [3.05, 3.63) is 114 Å². The summed E-state index contributed by atoms with van der Waals surface area (Å²) in [6.07, 6.45) is 1.08. The molecule has 1 N–H and O–H groups in total. The predicted octanol–water partition coefficient (Wildman–Crippen LogP) is 7.84. The molecule has 1 heterocycles. The fourth-order valence-corrected chi connectivity index (χ4v) is 3.98. The van der Waals surface area contributed by atoms with Crippen LogP contribution >= 0.6 is 0 Å². The summed E-state index contributed by atoms with van der Waals surface area (Å²) in [6, 6.07) is 30.8. The Morgan fingerprint density at radius 3 is 2.53 bits per heavy atom. The van der Waals surface area contributed by atoms with E-state index < -0.39 is 0 Å². The van der Waals surface area contributed by atoms with Gasteiger partial charge in [-0.3, -0.25) is 4.79 Å². The highest BCUT2D eigenvalue weighted by atomic mass is 16.5. The number of hydrogen-bond acceptors (Lipinski definition) is 4. The fraction of sp³-hybridized carbons (Fsp3) is 0.161.